The Morgan fingerprint density at radius 3 is 1.56 bits per heavy atom. The number of carbonyl (C=O) groups excluding carboxylic acids is 1. The number of allylic oxidation sites excluding steroid dienone is 2. The number of aromatic carboxylic acids is 1. The molecule has 0 aliphatic carbocycles. The van der Waals surface area contributed by atoms with E-state index >= 15 is 0 Å². The molecule has 0 bridgehead atoms. The Bertz CT molecular complexity index is 685. The maximum absolute atomic E-state index is 10.3. The molecule has 0 aliphatic heterocycles. The molecule has 3 N–H and O–H groups in total. The lowest BCUT2D eigenvalue weighted by Crippen LogP contribution is -1.95. The molecule has 5 heteroatoms. The maximum Gasteiger partial charge on any atom is 0.339 e. The number of carboxylic acid groups (broad SMARTS) is 1. The molecule has 2 rings (SSSR count). The summed E-state index contributed by atoms with van der Waals surface area (Å²) in [6.45, 7) is 11.1. The number of carboxylic acids is 1. The van der Waals surface area contributed by atoms with E-state index in [1.54, 1.807) is 30.3 Å². The molecule has 146 valence electrons. The van der Waals surface area contributed by atoms with Gasteiger partial charge >= 0.3 is 5.97 Å². The standard InChI is InChI=1S/C7H6O3.C7H6O2.2C4H8/c8-6-4-2-1-3-5(6)7(9)10;8-5-6-3-1-2-4-7(6)9;2*1-3-4-2/h1-4,8H,(H,9,10);1-5,9H;2*3H,1,4H2,2H3. The predicted molar refractivity (Wildman–Crippen MR) is 110 cm³/mol. The van der Waals surface area contributed by atoms with Gasteiger partial charge < -0.3 is 15.3 Å². The monoisotopic (exact) mass is 372 g/mol. The van der Waals surface area contributed by atoms with Gasteiger partial charge in [-0.15, -0.1) is 13.2 Å². The van der Waals surface area contributed by atoms with Crippen LogP contribution in [0.25, 0.3) is 0 Å². The van der Waals surface area contributed by atoms with Gasteiger partial charge in [-0.1, -0.05) is 50.3 Å². The summed E-state index contributed by atoms with van der Waals surface area (Å²) in [6, 6.07) is 12.2. The highest BCUT2D eigenvalue weighted by molar-refractivity contribution is 5.90. The van der Waals surface area contributed by atoms with E-state index in [1.165, 1.54) is 18.2 Å². The molecule has 0 fully saturated rings. The van der Waals surface area contributed by atoms with Crippen LogP contribution in [-0.2, 0) is 0 Å². The normalized spacial score (nSPS) is 8.22. The zero-order chi connectivity index (χ0) is 21.1. The highest BCUT2D eigenvalue weighted by Gasteiger charge is 2.05. The van der Waals surface area contributed by atoms with Gasteiger partial charge in [0.2, 0.25) is 0 Å². The number of hydrogen-bond acceptors (Lipinski definition) is 4. The smallest absolute Gasteiger partial charge is 0.339 e. The first kappa shape index (κ1) is 25.9. The second kappa shape index (κ2) is 17.5. The summed E-state index contributed by atoms with van der Waals surface area (Å²) < 4.78 is 0. The third kappa shape index (κ3) is 13.6. The number of hydrogen-bond donors (Lipinski definition) is 3. The highest BCUT2D eigenvalue weighted by Crippen LogP contribution is 2.14. The van der Waals surface area contributed by atoms with Crippen LogP contribution in [0.1, 0.15) is 47.4 Å². The molecule has 27 heavy (non-hydrogen) atoms. The average Bonchev–Trinajstić information content (AvgIpc) is 2.69. The van der Waals surface area contributed by atoms with Crippen LogP contribution >= 0.6 is 0 Å². The van der Waals surface area contributed by atoms with E-state index in [0.29, 0.717) is 11.8 Å². The number of phenols is 2. The number of aldehydes is 1. The van der Waals surface area contributed by atoms with Crippen molar-refractivity contribution in [3.63, 3.8) is 0 Å². The summed E-state index contributed by atoms with van der Waals surface area (Å²) in [5, 5.41) is 26.2. The Balaban J connectivity index is 0. The molecule has 0 unspecified atom stereocenters. The van der Waals surface area contributed by atoms with Crippen LogP contribution in [0.4, 0.5) is 0 Å². The minimum Gasteiger partial charge on any atom is -0.507 e. The summed E-state index contributed by atoms with van der Waals surface area (Å²) in [5.74, 6) is -1.28. The van der Waals surface area contributed by atoms with Crippen LogP contribution in [0.3, 0.4) is 0 Å². The largest absolute Gasteiger partial charge is 0.507 e. The summed E-state index contributed by atoms with van der Waals surface area (Å²) in [5.41, 5.74) is 0.264. The molecule has 0 saturated heterocycles. The molecule has 0 amide bonds. The zero-order valence-corrected chi connectivity index (χ0v) is 15.8. The van der Waals surface area contributed by atoms with E-state index in [4.69, 9.17) is 15.3 Å². The predicted octanol–water partition coefficient (Wildman–Crippen LogP) is 5.46. The molecule has 0 radical (unpaired) electrons. The van der Waals surface area contributed by atoms with Gasteiger partial charge in [0.15, 0.2) is 6.29 Å². The van der Waals surface area contributed by atoms with E-state index in [-0.39, 0.29) is 17.1 Å². The van der Waals surface area contributed by atoms with Gasteiger partial charge in [0.25, 0.3) is 0 Å². The van der Waals surface area contributed by atoms with Crippen molar-refractivity contribution in [2.75, 3.05) is 0 Å². The van der Waals surface area contributed by atoms with E-state index in [1.807, 2.05) is 12.2 Å². The molecule has 0 spiro atoms. The Labute approximate surface area is 160 Å². The van der Waals surface area contributed by atoms with Crippen LogP contribution in [0.2, 0.25) is 0 Å². The second-order valence-corrected chi connectivity index (χ2v) is 4.89. The SMILES string of the molecule is C=CCC.C=CCC.O=C(O)c1ccccc1O.O=Cc1ccccc1O. The van der Waals surface area contributed by atoms with Crippen molar-refractivity contribution in [1.29, 1.82) is 0 Å². The number of para-hydroxylation sites is 2. The first-order chi connectivity index (χ1) is 12.9. The van der Waals surface area contributed by atoms with Gasteiger partial charge in [0.1, 0.15) is 17.1 Å². The number of aromatic hydroxyl groups is 2. The third-order valence-corrected chi connectivity index (χ3v) is 2.78. The van der Waals surface area contributed by atoms with Crippen LogP contribution in [0, 0.1) is 0 Å². The minimum atomic E-state index is -1.11. The molecule has 0 aromatic heterocycles. The van der Waals surface area contributed by atoms with Gasteiger partial charge in [0.05, 0.1) is 5.56 Å². The Kier molecular flexibility index (Phi) is 16.8. The van der Waals surface area contributed by atoms with E-state index in [0.717, 1.165) is 12.8 Å². The van der Waals surface area contributed by atoms with Crippen LogP contribution in [-0.4, -0.2) is 27.6 Å². The fraction of sp³-hybridized carbons (Fsp3) is 0.182. The van der Waals surface area contributed by atoms with Crippen molar-refractivity contribution >= 4 is 12.3 Å². The van der Waals surface area contributed by atoms with Gasteiger partial charge in [0, 0.05) is 0 Å². The lowest BCUT2D eigenvalue weighted by atomic mass is 10.2. The molecular formula is C22H28O5. The molecule has 0 saturated carbocycles. The Morgan fingerprint density at radius 2 is 1.30 bits per heavy atom. The highest BCUT2D eigenvalue weighted by atomic mass is 16.4. The van der Waals surface area contributed by atoms with Crippen LogP contribution in [0.5, 0.6) is 11.5 Å². The third-order valence-electron chi connectivity index (χ3n) is 2.78. The van der Waals surface area contributed by atoms with Gasteiger partial charge in [-0.05, 0) is 37.1 Å². The number of benzene rings is 2. The number of rotatable bonds is 4. The maximum atomic E-state index is 10.3. The molecule has 0 heterocycles. The van der Waals surface area contributed by atoms with Gasteiger partial charge in [-0.2, -0.15) is 0 Å². The van der Waals surface area contributed by atoms with E-state index in [2.05, 4.69) is 27.0 Å². The topological polar surface area (TPSA) is 94.8 Å². The molecule has 2 aromatic carbocycles. The number of phenolic OH excluding ortho intramolecular Hbond substituents is 1. The minimum absolute atomic E-state index is 0.0347. The fourth-order valence-electron chi connectivity index (χ4n) is 1.24. The van der Waals surface area contributed by atoms with Crippen molar-refractivity contribution in [2.24, 2.45) is 0 Å². The Morgan fingerprint density at radius 1 is 0.889 bits per heavy atom. The van der Waals surface area contributed by atoms with Gasteiger partial charge in [-0.3, -0.25) is 4.79 Å². The lowest BCUT2D eigenvalue weighted by Gasteiger charge is -1.95. The summed E-state index contributed by atoms with van der Waals surface area (Å²) in [6.07, 6.45) is 6.54. The Hall–Kier alpha value is -3.34. The molecule has 5 nitrogen and oxygen atoms in total. The van der Waals surface area contributed by atoms with E-state index in [9.17, 15) is 9.59 Å². The molecule has 2 aromatic rings. The van der Waals surface area contributed by atoms with Crippen molar-refractivity contribution < 1.29 is 24.9 Å². The molecular weight excluding hydrogens is 344 g/mol. The van der Waals surface area contributed by atoms with Crippen molar-refractivity contribution in [2.45, 2.75) is 26.7 Å². The summed E-state index contributed by atoms with van der Waals surface area (Å²) in [7, 11) is 0. The number of carbonyl (C=O) groups is 2. The average molecular weight is 372 g/mol. The molecule has 0 atom stereocenters. The van der Waals surface area contributed by atoms with Crippen molar-refractivity contribution in [3.05, 3.63) is 85.0 Å². The first-order valence-electron chi connectivity index (χ1n) is 8.35. The fourth-order valence-corrected chi connectivity index (χ4v) is 1.24. The first-order valence-corrected chi connectivity index (χ1v) is 8.35. The summed E-state index contributed by atoms with van der Waals surface area (Å²) >= 11 is 0. The van der Waals surface area contributed by atoms with Crippen molar-refractivity contribution in [1.82, 2.24) is 0 Å². The van der Waals surface area contributed by atoms with Crippen molar-refractivity contribution in [3.8, 4) is 11.5 Å². The molecule has 0 aliphatic rings. The van der Waals surface area contributed by atoms with E-state index < -0.39 is 5.97 Å². The van der Waals surface area contributed by atoms with Crippen LogP contribution in [0.15, 0.2) is 73.8 Å². The lowest BCUT2D eigenvalue weighted by molar-refractivity contribution is 0.0693. The quantitative estimate of drug-likeness (QED) is 0.489. The zero-order valence-electron chi connectivity index (χ0n) is 15.8. The van der Waals surface area contributed by atoms with Crippen LogP contribution < -0.4 is 0 Å². The van der Waals surface area contributed by atoms with Gasteiger partial charge in [-0.25, -0.2) is 4.79 Å². The second-order valence-electron chi connectivity index (χ2n) is 4.89. The summed E-state index contributed by atoms with van der Waals surface area (Å²) in [4.78, 5) is 20.3.